The molecule has 0 atom stereocenters. The van der Waals surface area contributed by atoms with E-state index in [0.717, 1.165) is 0 Å². The summed E-state index contributed by atoms with van der Waals surface area (Å²) in [5.41, 5.74) is 1.45. The third-order valence-corrected chi connectivity index (χ3v) is 3.12. The van der Waals surface area contributed by atoms with E-state index >= 15 is 0 Å². The normalized spacial score (nSPS) is 10.0. The van der Waals surface area contributed by atoms with Crippen molar-refractivity contribution in [2.24, 2.45) is 0 Å². The van der Waals surface area contributed by atoms with Crippen molar-refractivity contribution >= 4 is 11.6 Å². The molecule has 1 aromatic heterocycles. The van der Waals surface area contributed by atoms with Crippen molar-refractivity contribution < 1.29 is 9.53 Å². The lowest BCUT2D eigenvalue weighted by Gasteiger charge is -2.12. The number of nitrogens with one attached hydrogen (secondary N) is 2. The summed E-state index contributed by atoms with van der Waals surface area (Å²) in [6.45, 7) is 1.42. The molecule has 0 aliphatic rings. The highest BCUT2D eigenvalue weighted by molar-refractivity contribution is 5.90. The van der Waals surface area contributed by atoms with Crippen LogP contribution >= 0.6 is 0 Å². The van der Waals surface area contributed by atoms with Crippen LogP contribution in [0.25, 0.3) is 11.4 Å². The first-order valence-electron chi connectivity index (χ1n) is 7.00. The van der Waals surface area contributed by atoms with Gasteiger partial charge in [0.25, 0.3) is 0 Å². The molecule has 118 valence electrons. The summed E-state index contributed by atoms with van der Waals surface area (Å²) in [5, 5.41) is 25.6. The summed E-state index contributed by atoms with van der Waals surface area (Å²) >= 11 is 0. The maximum Gasteiger partial charge on any atom is 0.221 e. The van der Waals surface area contributed by atoms with Crippen LogP contribution in [0.4, 0.5) is 5.69 Å². The lowest BCUT2D eigenvalue weighted by Crippen LogP contribution is -2.06. The van der Waals surface area contributed by atoms with Crippen molar-refractivity contribution in [2.45, 2.75) is 6.92 Å². The fourth-order valence-corrected chi connectivity index (χ4v) is 2.13. The van der Waals surface area contributed by atoms with Gasteiger partial charge in [-0.15, -0.1) is 10.2 Å². The minimum Gasteiger partial charge on any atom is -0.455 e. The van der Waals surface area contributed by atoms with Crippen molar-refractivity contribution in [2.75, 3.05) is 5.32 Å². The molecule has 0 bridgehead atoms. The van der Waals surface area contributed by atoms with Gasteiger partial charge in [0.1, 0.15) is 11.8 Å². The summed E-state index contributed by atoms with van der Waals surface area (Å²) in [4.78, 5) is 11.3. The highest BCUT2D eigenvalue weighted by atomic mass is 16.5. The zero-order valence-corrected chi connectivity index (χ0v) is 12.6. The van der Waals surface area contributed by atoms with Crippen molar-refractivity contribution in [1.29, 1.82) is 5.26 Å². The van der Waals surface area contributed by atoms with Crippen LogP contribution in [0.2, 0.25) is 0 Å². The Morgan fingerprint density at radius 1 is 1.29 bits per heavy atom. The van der Waals surface area contributed by atoms with Gasteiger partial charge in [0.2, 0.25) is 11.7 Å². The number of benzene rings is 2. The van der Waals surface area contributed by atoms with Gasteiger partial charge in [0.15, 0.2) is 5.75 Å². The Balaban J connectivity index is 1.92. The summed E-state index contributed by atoms with van der Waals surface area (Å²) in [5.74, 6) is 1.06. The molecular weight excluding hydrogens is 308 g/mol. The Morgan fingerprint density at radius 3 is 2.83 bits per heavy atom. The number of aromatic amines is 1. The van der Waals surface area contributed by atoms with Crippen LogP contribution in [0.15, 0.2) is 42.5 Å². The number of anilines is 1. The predicted molar refractivity (Wildman–Crippen MR) is 85.1 cm³/mol. The third kappa shape index (κ3) is 3.20. The number of nitriles is 1. The Morgan fingerprint density at radius 2 is 2.12 bits per heavy atom. The van der Waals surface area contributed by atoms with E-state index in [9.17, 15) is 10.1 Å². The molecule has 1 heterocycles. The van der Waals surface area contributed by atoms with Crippen LogP contribution in [0.1, 0.15) is 12.5 Å². The number of tetrazole rings is 1. The van der Waals surface area contributed by atoms with Gasteiger partial charge in [-0.25, -0.2) is 0 Å². The Hall–Kier alpha value is -3.73. The molecule has 3 aromatic rings. The van der Waals surface area contributed by atoms with Gasteiger partial charge >= 0.3 is 0 Å². The number of carbonyl (C=O) groups is 1. The minimum atomic E-state index is -0.198. The van der Waals surface area contributed by atoms with Crippen LogP contribution in [0.3, 0.4) is 0 Å². The highest BCUT2D eigenvalue weighted by Crippen LogP contribution is 2.31. The molecule has 0 saturated carbocycles. The fourth-order valence-electron chi connectivity index (χ4n) is 2.13. The molecule has 8 nitrogen and oxygen atoms in total. The van der Waals surface area contributed by atoms with Crippen molar-refractivity contribution in [3.05, 3.63) is 48.0 Å². The van der Waals surface area contributed by atoms with Gasteiger partial charge in [-0.05, 0) is 35.5 Å². The first-order chi connectivity index (χ1) is 11.7. The molecule has 0 saturated heterocycles. The maximum absolute atomic E-state index is 11.3. The SMILES string of the molecule is CC(=O)Nc1ccccc1Oc1ccc(-c2nn[nH]n2)c(C#N)c1. The predicted octanol–water partition coefficient (Wildman–Crippen LogP) is 2.49. The number of nitrogens with zero attached hydrogens (tertiary/aromatic N) is 4. The molecule has 2 N–H and O–H groups in total. The zero-order chi connectivity index (χ0) is 16.9. The lowest BCUT2D eigenvalue weighted by molar-refractivity contribution is -0.114. The van der Waals surface area contributed by atoms with Crippen LogP contribution in [-0.4, -0.2) is 26.5 Å². The molecule has 2 aromatic carbocycles. The van der Waals surface area contributed by atoms with Gasteiger partial charge in [-0.1, -0.05) is 12.1 Å². The van der Waals surface area contributed by atoms with Crippen LogP contribution < -0.4 is 10.1 Å². The molecule has 0 radical (unpaired) electrons. The van der Waals surface area contributed by atoms with Crippen LogP contribution in [-0.2, 0) is 4.79 Å². The zero-order valence-electron chi connectivity index (χ0n) is 12.6. The maximum atomic E-state index is 11.3. The van der Waals surface area contributed by atoms with Crippen LogP contribution in [0.5, 0.6) is 11.5 Å². The number of amides is 1. The summed E-state index contributed by atoms with van der Waals surface area (Å²) in [6.07, 6.45) is 0. The number of para-hydroxylation sites is 2. The monoisotopic (exact) mass is 320 g/mol. The average Bonchev–Trinajstić information content (AvgIpc) is 3.10. The largest absolute Gasteiger partial charge is 0.455 e. The Bertz CT molecular complexity index is 915. The number of hydrogen-bond donors (Lipinski definition) is 2. The summed E-state index contributed by atoms with van der Waals surface area (Å²) in [6, 6.07) is 14.1. The van der Waals surface area contributed by atoms with Gasteiger partial charge in [-0.3, -0.25) is 4.79 Å². The molecule has 1 amide bonds. The second-order valence-corrected chi connectivity index (χ2v) is 4.83. The first kappa shape index (κ1) is 15.2. The first-order valence-corrected chi connectivity index (χ1v) is 7.00. The molecular formula is C16H12N6O2. The quantitative estimate of drug-likeness (QED) is 0.762. The van der Waals surface area contributed by atoms with Gasteiger partial charge in [-0.2, -0.15) is 10.5 Å². The Kier molecular flexibility index (Phi) is 4.16. The molecule has 0 unspecified atom stereocenters. The van der Waals surface area contributed by atoms with Crippen molar-refractivity contribution in [1.82, 2.24) is 20.6 Å². The molecule has 24 heavy (non-hydrogen) atoms. The number of H-pyrrole nitrogens is 1. The lowest BCUT2D eigenvalue weighted by atomic mass is 10.1. The number of ether oxygens (including phenoxy) is 1. The van der Waals surface area contributed by atoms with E-state index in [1.807, 2.05) is 0 Å². The number of rotatable bonds is 4. The molecule has 8 heteroatoms. The van der Waals surface area contributed by atoms with E-state index in [1.165, 1.54) is 6.92 Å². The van der Waals surface area contributed by atoms with Crippen molar-refractivity contribution in [3.63, 3.8) is 0 Å². The topological polar surface area (TPSA) is 117 Å². The molecule has 0 aliphatic heterocycles. The number of aromatic nitrogens is 4. The third-order valence-electron chi connectivity index (χ3n) is 3.12. The second-order valence-electron chi connectivity index (χ2n) is 4.83. The molecule has 3 rings (SSSR count). The molecule has 0 spiro atoms. The fraction of sp³-hybridized carbons (Fsp3) is 0.0625. The van der Waals surface area contributed by atoms with Crippen LogP contribution in [0, 0.1) is 11.3 Å². The standard InChI is InChI=1S/C16H12N6O2/c1-10(23)18-14-4-2-3-5-15(14)24-12-6-7-13(11(8-12)9-17)16-19-21-22-20-16/h2-8H,1H3,(H,18,23)(H,19,20,21,22). The van der Waals surface area contributed by atoms with E-state index in [1.54, 1.807) is 42.5 Å². The average molecular weight is 320 g/mol. The van der Waals surface area contributed by atoms with E-state index in [4.69, 9.17) is 4.74 Å². The van der Waals surface area contributed by atoms with Gasteiger partial charge < -0.3 is 10.1 Å². The second kappa shape index (κ2) is 6.58. The van der Waals surface area contributed by atoms with E-state index < -0.39 is 0 Å². The van der Waals surface area contributed by atoms with Gasteiger partial charge in [0, 0.05) is 12.5 Å². The number of hydrogen-bond acceptors (Lipinski definition) is 6. The summed E-state index contributed by atoms with van der Waals surface area (Å²) < 4.78 is 5.80. The van der Waals surface area contributed by atoms with E-state index in [-0.39, 0.29) is 5.91 Å². The van der Waals surface area contributed by atoms with E-state index in [2.05, 4.69) is 32.0 Å². The minimum absolute atomic E-state index is 0.198. The van der Waals surface area contributed by atoms with Gasteiger partial charge in [0.05, 0.1) is 11.3 Å². The molecule has 0 aliphatic carbocycles. The highest BCUT2D eigenvalue weighted by Gasteiger charge is 2.12. The molecule has 0 fully saturated rings. The van der Waals surface area contributed by atoms with E-state index in [0.29, 0.717) is 34.1 Å². The van der Waals surface area contributed by atoms with Crippen molar-refractivity contribution in [3.8, 4) is 29.0 Å². The Labute approximate surface area is 137 Å². The smallest absolute Gasteiger partial charge is 0.221 e. The summed E-state index contributed by atoms with van der Waals surface area (Å²) in [7, 11) is 0. The number of carbonyl (C=O) groups excluding carboxylic acids is 1.